The second-order valence-corrected chi connectivity index (χ2v) is 4.35. The highest BCUT2D eigenvalue weighted by Crippen LogP contribution is 2.36. The third-order valence-corrected chi connectivity index (χ3v) is 2.92. The molecular formula is C6H8IN. The highest BCUT2D eigenvalue weighted by atomic mass is 127. The number of hydrogen-bond donors (Lipinski definition) is 0. The summed E-state index contributed by atoms with van der Waals surface area (Å²) in [7, 11) is 0. The van der Waals surface area contributed by atoms with Gasteiger partial charge in [-0.2, -0.15) is 5.26 Å². The number of nitriles is 1. The van der Waals surface area contributed by atoms with Gasteiger partial charge in [0.1, 0.15) is 3.42 Å². The van der Waals surface area contributed by atoms with E-state index in [1.54, 1.807) is 0 Å². The Balaban J connectivity index is 2.56. The molecule has 0 unspecified atom stereocenters. The molecule has 0 radical (unpaired) electrons. The van der Waals surface area contributed by atoms with Crippen LogP contribution in [0.25, 0.3) is 0 Å². The summed E-state index contributed by atoms with van der Waals surface area (Å²) in [6.45, 7) is 0. The second-order valence-electron chi connectivity index (χ2n) is 2.28. The minimum Gasteiger partial charge on any atom is -0.197 e. The maximum atomic E-state index is 8.57. The molecule has 44 valence electrons. The Morgan fingerprint density at radius 2 is 1.88 bits per heavy atom. The SMILES string of the molecule is N#CC1(I)CCCC1. The molecule has 0 bridgehead atoms. The van der Waals surface area contributed by atoms with Gasteiger partial charge in [-0.15, -0.1) is 0 Å². The molecular weight excluding hydrogens is 213 g/mol. The standard InChI is InChI=1S/C6H8IN/c7-6(5-8)3-1-2-4-6/h1-4H2. The predicted molar refractivity (Wildman–Crippen MR) is 40.8 cm³/mol. The first kappa shape index (κ1) is 6.34. The fraction of sp³-hybridized carbons (Fsp3) is 0.833. The van der Waals surface area contributed by atoms with Crippen molar-refractivity contribution in [1.82, 2.24) is 0 Å². The van der Waals surface area contributed by atoms with E-state index in [0.717, 1.165) is 12.8 Å². The lowest BCUT2D eigenvalue weighted by molar-refractivity contribution is 0.796. The third-order valence-electron chi connectivity index (χ3n) is 1.60. The van der Waals surface area contributed by atoms with Gasteiger partial charge in [0, 0.05) is 0 Å². The van der Waals surface area contributed by atoms with Crippen LogP contribution in [0.15, 0.2) is 0 Å². The van der Waals surface area contributed by atoms with Crippen LogP contribution >= 0.6 is 22.6 Å². The molecule has 0 aromatic heterocycles. The van der Waals surface area contributed by atoms with Gasteiger partial charge in [-0.25, -0.2) is 0 Å². The number of rotatable bonds is 0. The van der Waals surface area contributed by atoms with Crippen molar-refractivity contribution in [2.24, 2.45) is 0 Å². The lowest BCUT2D eigenvalue weighted by Gasteiger charge is -2.07. The van der Waals surface area contributed by atoms with Crippen molar-refractivity contribution in [3.8, 4) is 6.07 Å². The summed E-state index contributed by atoms with van der Waals surface area (Å²) in [5.74, 6) is 0. The quantitative estimate of drug-likeness (QED) is 0.454. The number of alkyl halides is 1. The minimum absolute atomic E-state index is 0.0117. The highest BCUT2D eigenvalue weighted by Gasteiger charge is 2.29. The molecule has 1 aliphatic carbocycles. The van der Waals surface area contributed by atoms with E-state index < -0.39 is 0 Å². The average molecular weight is 221 g/mol. The van der Waals surface area contributed by atoms with E-state index in [1.165, 1.54) is 12.8 Å². The van der Waals surface area contributed by atoms with Crippen molar-refractivity contribution in [3.05, 3.63) is 0 Å². The van der Waals surface area contributed by atoms with Gasteiger partial charge in [-0.3, -0.25) is 0 Å². The number of halogens is 1. The van der Waals surface area contributed by atoms with Gasteiger partial charge in [-0.05, 0) is 12.8 Å². The van der Waals surface area contributed by atoms with Crippen molar-refractivity contribution < 1.29 is 0 Å². The van der Waals surface area contributed by atoms with Crippen LogP contribution in [-0.4, -0.2) is 3.42 Å². The van der Waals surface area contributed by atoms with Crippen LogP contribution in [0.3, 0.4) is 0 Å². The number of nitrogens with zero attached hydrogens (tertiary/aromatic N) is 1. The Morgan fingerprint density at radius 1 is 1.38 bits per heavy atom. The van der Waals surface area contributed by atoms with Crippen molar-refractivity contribution in [1.29, 1.82) is 5.26 Å². The zero-order chi connectivity index (χ0) is 6.04. The first-order chi connectivity index (χ1) is 3.77. The van der Waals surface area contributed by atoms with Crippen molar-refractivity contribution in [3.63, 3.8) is 0 Å². The van der Waals surface area contributed by atoms with Crippen molar-refractivity contribution in [2.75, 3.05) is 0 Å². The summed E-state index contributed by atoms with van der Waals surface area (Å²) in [6.07, 6.45) is 4.70. The van der Waals surface area contributed by atoms with E-state index in [4.69, 9.17) is 5.26 Å². The molecule has 8 heavy (non-hydrogen) atoms. The fourth-order valence-electron chi connectivity index (χ4n) is 1.05. The van der Waals surface area contributed by atoms with Crippen LogP contribution < -0.4 is 0 Å². The minimum atomic E-state index is 0.0117. The van der Waals surface area contributed by atoms with Gasteiger partial charge in [0.05, 0.1) is 6.07 Å². The van der Waals surface area contributed by atoms with Gasteiger partial charge in [-0.1, -0.05) is 35.4 Å². The van der Waals surface area contributed by atoms with Crippen LogP contribution in [0.1, 0.15) is 25.7 Å². The molecule has 1 saturated carbocycles. The maximum Gasteiger partial charge on any atom is 0.108 e. The molecule has 0 heterocycles. The molecule has 0 saturated heterocycles. The van der Waals surface area contributed by atoms with Crippen LogP contribution in [-0.2, 0) is 0 Å². The summed E-state index contributed by atoms with van der Waals surface area (Å²) in [6, 6.07) is 2.33. The van der Waals surface area contributed by atoms with E-state index in [2.05, 4.69) is 28.7 Å². The zero-order valence-electron chi connectivity index (χ0n) is 4.65. The molecule has 2 heteroatoms. The van der Waals surface area contributed by atoms with Gasteiger partial charge in [0.25, 0.3) is 0 Å². The molecule has 0 atom stereocenters. The fourth-order valence-corrected chi connectivity index (χ4v) is 1.81. The summed E-state index contributed by atoms with van der Waals surface area (Å²) in [5.41, 5.74) is 0. The summed E-state index contributed by atoms with van der Waals surface area (Å²) < 4.78 is 0.0117. The lowest BCUT2D eigenvalue weighted by atomic mass is 10.1. The predicted octanol–water partition coefficient (Wildman–Crippen LogP) is 2.26. The molecule has 0 amide bonds. The largest absolute Gasteiger partial charge is 0.197 e. The Bertz CT molecular complexity index is 119. The van der Waals surface area contributed by atoms with Gasteiger partial charge >= 0.3 is 0 Å². The smallest absolute Gasteiger partial charge is 0.108 e. The van der Waals surface area contributed by atoms with E-state index >= 15 is 0 Å². The summed E-state index contributed by atoms with van der Waals surface area (Å²) >= 11 is 2.27. The van der Waals surface area contributed by atoms with Crippen molar-refractivity contribution in [2.45, 2.75) is 29.1 Å². The van der Waals surface area contributed by atoms with E-state index in [-0.39, 0.29) is 3.42 Å². The Morgan fingerprint density at radius 3 is 2.12 bits per heavy atom. The summed E-state index contributed by atoms with van der Waals surface area (Å²) in [4.78, 5) is 0. The lowest BCUT2D eigenvalue weighted by Crippen LogP contribution is -2.09. The summed E-state index contributed by atoms with van der Waals surface area (Å²) in [5, 5.41) is 8.57. The average Bonchev–Trinajstić information content (AvgIpc) is 2.17. The topological polar surface area (TPSA) is 23.8 Å². The molecule has 0 N–H and O–H groups in total. The second kappa shape index (κ2) is 2.22. The molecule has 1 aliphatic rings. The van der Waals surface area contributed by atoms with E-state index in [9.17, 15) is 0 Å². The van der Waals surface area contributed by atoms with Gasteiger partial charge in [0.2, 0.25) is 0 Å². The van der Waals surface area contributed by atoms with Gasteiger partial charge in [0.15, 0.2) is 0 Å². The normalized spacial score (nSPS) is 25.0. The zero-order valence-corrected chi connectivity index (χ0v) is 6.81. The maximum absolute atomic E-state index is 8.57. The van der Waals surface area contributed by atoms with Crippen molar-refractivity contribution >= 4 is 22.6 Å². The monoisotopic (exact) mass is 221 g/mol. The Labute approximate surface area is 63.2 Å². The Hall–Kier alpha value is 0.220. The molecule has 1 fully saturated rings. The molecule has 0 spiro atoms. The van der Waals surface area contributed by atoms with Crippen LogP contribution in [0.2, 0.25) is 0 Å². The Kier molecular flexibility index (Phi) is 1.76. The molecule has 0 aliphatic heterocycles. The van der Waals surface area contributed by atoms with Crippen LogP contribution in [0.4, 0.5) is 0 Å². The molecule has 0 aromatic carbocycles. The van der Waals surface area contributed by atoms with E-state index in [0.29, 0.717) is 0 Å². The highest BCUT2D eigenvalue weighted by molar-refractivity contribution is 14.1. The number of hydrogen-bond acceptors (Lipinski definition) is 1. The molecule has 0 aromatic rings. The first-order valence-electron chi connectivity index (χ1n) is 2.87. The third kappa shape index (κ3) is 1.13. The molecule has 1 nitrogen and oxygen atoms in total. The molecule has 1 rings (SSSR count). The van der Waals surface area contributed by atoms with Crippen LogP contribution in [0, 0.1) is 11.3 Å². The van der Waals surface area contributed by atoms with Gasteiger partial charge < -0.3 is 0 Å². The van der Waals surface area contributed by atoms with E-state index in [1.807, 2.05) is 0 Å². The first-order valence-corrected chi connectivity index (χ1v) is 3.95. The van der Waals surface area contributed by atoms with Crippen LogP contribution in [0.5, 0.6) is 0 Å².